The minimum absolute atomic E-state index is 0. The first kappa shape index (κ1) is 36.9. The Bertz CT molecular complexity index is 1830. The fraction of sp³-hybridized carbons (Fsp3) is 0.0698. The van der Waals surface area contributed by atoms with Crippen molar-refractivity contribution in [2.24, 2.45) is 0 Å². The third-order valence-electron chi connectivity index (χ3n) is 6.22. The maximum Gasteiger partial charge on any atom is 0.0877 e. The van der Waals surface area contributed by atoms with Gasteiger partial charge >= 0.3 is 0 Å². The van der Waals surface area contributed by atoms with Crippen molar-refractivity contribution in [3.63, 3.8) is 0 Å². The van der Waals surface area contributed by atoms with Crippen LogP contribution >= 0.6 is 0 Å². The third kappa shape index (κ3) is 13.4. The summed E-state index contributed by atoms with van der Waals surface area (Å²) < 4.78 is 0. The molecule has 0 amide bonds. The fourth-order valence-electron chi connectivity index (χ4n) is 4.10. The number of nitrogens with zero attached hydrogens (tertiary/aromatic N) is 2. The minimum Gasteiger partial charge on any atom is -0.513 e. The van der Waals surface area contributed by atoms with Crippen LogP contribution in [0, 0.1) is 35.8 Å². The summed E-state index contributed by atoms with van der Waals surface area (Å²) in [7, 11) is 0. The van der Waals surface area contributed by atoms with Crippen LogP contribution in [0.4, 0.5) is 0 Å². The van der Waals surface area contributed by atoms with Gasteiger partial charge in [-0.25, -0.2) is 0 Å². The van der Waals surface area contributed by atoms with Crippen LogP contribution < -0.4 is 0 Å². The van der Waals surface area contributed by atoms with E-state index in [-0.39, 0.29) is 25.9 Å². The first-order valence-corrected chi connectivity index (χ1v) is 15.0. The number of benzene rings is 4. The molecule has 1 atom stereocenters. The Hall–Kier alpha value is -5.55. The molecule has 2 aromatic heterocycles. The summed E-state index contributed by atoms with van der Waals surface area (Å²) in [6.45, 7) is 3.10. The molecule has 1 radical (unpaired) electrons. The van der Waals surface area contributed by atoms with Gasteiger partial charge in [0.05, 0.1) is 11.9 Å². The van der Waals surface area contributed by atoms with Crippen LogP contribution in [-0.4, -0.2) is 26.3 Å². The molecular weight excluding hydrogens is 769 g/mol. The molecule has 6 rings (SSSR count). The average Bonchev–Trinajstić information content (AvgIpc) is 3.12. The Morgan fingerprint density at radius 1 is 0.604 bits per heavy atom. The van der Waals surface area contributed by atoms with Gasteiger partial charge in [-0.3, -0.25) is 0 Å². The molecule has 2 N–H and O–H groups in total. The van der Waals surface area contributed by atoms with Crippen LogP contribution in [0.15, 0.2) is 158 Å². The van der Waals surface area contributed by atoms with E-state index in [1.165, 1.54) is 13.0 Å². The largest absolute Gasteiger partial charge is 0.513 e. The van der Waals surface area contributed by atoms with Crippen molar-refractivity contribution in [2.75, 3.05) is 0 Å². The summed E-state index contributed by atoms with van der Waals surface area (Å²) in [5.74, 6) is 12.8. The Morgan fingerprint density at radius 3 is 1.33 bits per heavy atom. The number of pyridine rings is 2. The normalized spacial score (nSPS) is 10.4. The molecule has 1 unspecified atom stereocenters. The number of aromatic nitrogens is 2. The minimum atomic E-state index is -0.537. The maximum atomic E-state index is 8.49. The SMILES string of the molecule is C(#Cc1ccnc(-c2[c-]cccc2)c1)c1ccccc1.C(#Cc1ccnc(-c2[c-]cccc2)c1)c1ccccc1.CC(O)=CC(C)O.[Ir]. The zero-order valence-corrected chi connectivity index (χ0v) is 29.0. The van der Waals surface area contributed by atoms with Crippen molar-refractivity contribution in [2.45, 2.75) is 20.0 Å². The molecule has 0 aliphatic rings. The monoisotopic (exact) mass is 803 g/mol. The summed E-state index contributed by atoms with van der Waals surface area (Å²) in [4.78, 5) is 8.73. The molecular formula is C43H34IrN2O2-2. The average molecular weight is 803 g/mol. The second-order valence-electron chi connectivity index (χ2n) is 10.2. The number of aliphatic hydroxyl groups excluding tert-OH is 2. The molecule has 239 valence electrons. The summed E-state index contributed by atoms with van der Waals surface area (Å²) in [5.41, 5.74) is 7.68. The van der Waals surface area contributed by atoms with Crippen molar-refractivity contribution in [3.05, 3.63) is 192 Å². The molecule has 2 heterocycles. The van der Waals surface area contributed by atoms with Crippen molar-refractivity contribution >= 4 is 0 Å². The summed E-state index contributed by atoms with van der Waals surface area (Å²) in [6, 6.07) is 49.7. The summed E-state index contributed by atoms with van der Waals surface area (Å²) >= 11 is 0. The molecule has 0 spiro atoms. The van der Waals surface area contributed by atoms with E-state index < -0.39 is 6.10 Å². The molecule has 4 nitrogen and oxygen atoms in total. The number of allylic oxidation sites excluding steroid dienone is 1. The zero-order valence-electron chi connectivity index (χ0n) is 26.6. The van der Waals surface area contributed by atoms with Gasteiger partial charge in [0, 0.05) is 54.8 Å². The summed E-state index contributed by atoms with van der Waals surface area (Å²) in [6.07, 6.45) is 4.39. The first-order chi connectivity index (χ1) is 23.0. The van der Waals surface area contributed by atoms with Crippen LogP contribution in [-0.2, 0) is 20.1 Å². The van der Waals surface area contributed by atoms with E-state index >= 15 is 0 Å². The van der Waals surface area contributed by atoms with Gasteiger partial charge in [-0.2, -0.15) is 0 Å². The van der Waals surface area contributed by atoms with E-state index in [4.69, 9.17) is 10.2 Å². The van der Waals surface area contributed by atoms with Crippen molar-refractivity contribution in [1.82, 2.24) is 9.97 Å². The van der Waals surface area contributed by atoms with Crippen molar-refractivity contribution in [1.29, 1.82) is 0 Å². The Balaban J connectivity index is 0.000000215. The predicted octanol–water partition coefficient (Wildman–Crippen LogP) is 8.72. The Labute approximate surface area is 297 Å². The van der Waals surface area contributed by atoms with Crippen LogP contribution in [0.3, 0.4) is 0 Å². The van der Waals surface area contributed by atoms with E-state index in [0.717, 1.165) is 44.8 Å². The second-order valence-corrected chi connectivity index (χ2v) is 10.2. The van der Waals surface area contributed by atoms with E-state index in [0.29, 0.717) is 0 Å². The van der Waals surface area contributed by atoms with Crippen LogP contribution in [0.2, 0.25) is 0 Å². The summed E-state index contributed by atoms with van der Waals surface area (Å²) in [5, 5.41) is 16.9. The third-order valence-corrected chi connectivity index (χ3v) is 6.22. The molecule has 4 aromatic carbocycles. The van der Waals surface area contributed by atoms with Gasteiger partial charge in [0.15, 0.2) is 0 Å². The standard InChI is InChI=1S/2C19H12N.C5H10O2.Ir/c2*1-3-7-16(8-4-1)11-12-17-13-14-20-19(15-17)18-9-5-2-6-10-18;1-4(6)3-5(2)7;/h2*1-9,13-15H;3-4,6-7H,1-2H3;/q2*-1;;. The van der Waals surface area contributed by atoms with Gasteiger partial charge in [0.25, 0.3) is 0 Å². The van der Waals surface area contributed by atoms with Crippen LogP contribution in [0.5, 0.6) is 0 Å². The smallest absolute Gasteiger partial charge is 0.0877 e. The maximum absolute atomic E-state index is 8.49. The van der Waals surface area contributed by atoms with Crippen molar-refractivity contribution in [3.8, 4) is 46.2 Å². The number of hydrogen-bond donors (Lipinski definition) is 2. The Morgan fingerprint density at radius 2 is 1.00 bits per heavy atom. The van der Waals surface area contributed by atoms with Gasteiger partial charge in [-0.1, -0.05) is 72.2 Å². The van der Waals surface area contributed by atoms with Crippen LogP contribution in [0.1, 0.15) is 36.1 Å². The second kappa shape index (κ2) is 20.5. The molecule has 0 saturated heterocycles. The van der Waals surface area contributed by atoms with Gasteiger partial charge in [-0.15, -0.1) is 71.8 Å². The topological polar surface area (TPSA) is 66.2 Å². The Kier molecular flexibility index (Phi) is 15.8. The first-order valence-electron chi connectivity index (χ1n) is 15.0. The van der Waals surface area contributed by atoms with Gasteiger partial charge in [0.2, 0.25) is 0 Å². The quantitative estimate of drug-likeness (QED) is 0.107. The van der Waals surface area contributed by atoms with Crippen molar-refractivity contribution < 1.29 is 30.3 Å². The van der Waals surface area contributed by atoms with Gasteiger partial charge in [-0.05, 0) is 67.7 Å². The fourth-order valence-corrected chi connectivity index (χ4v) is 4.10. The zero-order chi connectivity index (χ0) is 33.1. The van der Waals surface area contributed by atoms with Gasteiger partial charge < -0.3 is 20.2 Å². The van der Waals surface area contributed by atoms with E-state index in [2.05, 4.69) is 45.8 Å². The van der Waals surface area contributed by atoms with E-state index in [9.17, 15) is 0 Å². The van der Waals surface area contributed by atoms with E-state index in [1.54, 1.807) is 19.3 Å². The molecule has 0 bridgehead atoms. The molecule has 5 heteroatoms. The molecule has 0 fully saturated rings. The predicted molar refractivity (Wildman–Crippen MR) is 190 cm³/mol. The van der Waals surface area contributed by atoms with Crippen LogP contribution in [0.25, 0.3) is 22.5 Å². The molecule has 6 aromatic rings. The number of hydrogen-bond acceptors (Lipinski definition) is 4. The van der Waals surface area contributed by atoms with Gasteiger partial charge in [0.1, 0.15) is 0 Å². The number of rotatable bonds is 3. The van der Waals surface area contributed by atoms with E-state index in [1.807, 2.05) is 133 Å². The number of aliphatic hydroxyl groups is 2. The molecule has 0 aliphatic carbocycles. The molecule has 0 aliphatic heterocycles. The molecule has 48 heavy (non-hydrogen) atoms. The molecule has 0 saturated carbocycles.